The molecule has 2 aromatic rings. The first-order valence-electron chi connectivity index (χ1n) is 8.43. The molecular formula is C19H24N2O3. The molecule has 5 nitrogen and oxygen atoms in total. The number of fused-ring (bicyclic) bond motifs is 1. The van der Waals surface area contributed by atoms with Crippen LogP contribution in [0.25, 0.3) is 17.0 Å². The standard InChI is InChI=1S/C19H24N2O3/c1-23-14-13-20-9-4-10-21(12-11-20)19(22)8-7-17-15-16-5-2-3-6-18(16)24-17/h2-3,5-8,15H,4,9-14H2,1H3/b8-7-. The second kappa shape index (κ2) is 8.13. The second-order valence-corrected chi connectivity index (χ2v) is 6.03. The van der Waals surface area contributed by atoms with Crippen molar-refractivity contribution in [2.75, 3.05) is 46.4 Å². The Morgan fingerprint density at radius 1 is 1.25 bits per heavy atom. The Kier molecular flexibility index (Phi) is 5.67. The van der Waals surface area contributed by atoms with Gasteiger partial charge in [0.1, 0.15) is 11.3 Å². The first-order valence-corrected chi connectivity index (χ1v) is 8.43. The zero-order chi connectivity index (χ0) is 16.8. The predicted molar refractivity (Wildman–Crippen MR) is 94.8 cm³/mol. The zero-order valence-electron chi connectivity index (χ0n) is 14.1. The van der Waals surface area contributed by atoms with Gasteiger partial charge in [0.05, 0.1) is 6.61 Å². The van der Waals surface area contributed by atoms with Crippen molar-refractivity contribution in [3.8, 4) is 0 Å². The number of carbonyl (C=O) groups excluding carboxylic acids is 1. The molecule has 0 aliphatic carbocycles. The van der Waals surface area contributed by atoms with Crippen molar-refractivity contribution in [2.45, 2.75) is 6.42 Å². The highest BCUT2D eigenvalue weighted by Crippen LogP contribution is 2.19. The van der Waals surface area contributed by atoms with Gasteiger partial charge in [0, 0.05) is 44.8 Å². The maximum Gasteiger partial charge on any atom is 0.246 e. The molecule has 2 heterocycles. The van der Waals surface area contributed by atoms with E-state index in [-0.39, 0.29) is 5.91 Å². The molecule has 1 fully saturated rings. The van der Waals surface area contributed by atoms with E-state index in [2.05, 4.69) is 4.90 Å². The Bertz CT molecular complexity index is 674. The highest BCUT2D eigenvalue weighted by molar-refractivity contribution is 5.92. The Morgan fingerprint density at radius 2 is 2.12 bits per heavy atom. The third-order valence-electron chi connectivity index (χ3n) is 4.35. The summed E-state index contributed by atoms with van der Waals surface area (Å²) in [6, 6.07) is 9.80. The molecule has 5 heteroatoms. The van der Waals surface area contributed by atoms with Gasteiger partial charge in [0.2, 0.25) is 5.91 Å². The van der Waals surface area contributed by atoms with E-state index in [0.29, 0.717) is 5.76 Å². The van der Waals surface area contributed by atoms with E-state index in [1.165, 1.54) is 0 Å². The van der Waals surface area contributed by atoms with E-state index in [1.807, 2.05) is 35.2 Å². The van der Waals surface area contributed by atoms with Crippen molar-refractivity contribution in [2.24, 2.45) is 0 Å². The van der Waals surface area contributed by atoms with Gasteiger partial charge in [0.15, 0.2) is 0 Å². The summed E-state index contributed by atoms with van der Waals surface area (Å²) in [6.45, 7) is 5.13. The minimum atomic E-state index is 0.0454. The average molecular weight is 328 g/mol. The van der Waals surface area contributed by atoms with E-state index < -0.39 is 0 Å². The Labute approximate surface area is 142 Å². The largest absolute Gasteiger partial charge is 0.457 e. The van der Waals surface area contributed by atoms with Crippen LogP contribution in [0.3, 0.4) is 0 Å². The Balaban J connectivity index is 1.57. The lowest BCUT2D eigenvalue weighted by molar-refractivity contribution is -0.125. The highest BCUT2D eigenvalue weighted by Gasteiger charge is 2.17. The van der Waals surface area contributed by atoms with Crippen LogP contribution in [0.1, 0.15) is 12.2 Å². The number of furan rings is 1. The topological polar surface area (TPSA) is 45.9 Å². The van der Waals surface area contributed by atoms with Gasteiger partial charge in [-0.1, -0.05) is 18.2 Å². The fourth-order valence-corrected chi connectivity index (χ4v) is 2.98. The summed E-state index contributed by atoms with van der Waals surface area (Å²) >= 11 is 0. The molecule has 0 atom stereocenters. The predicted octanol–water partition coefficient (Wildman–Crippen LogP) is 2.63. The first-order chi connectivity index (χ1) is 11.8. The van der Waals surface area contributed by atoms with E-state index >= 15 is 0 Å². The molecule has 0 saturated carbocycles. The smallest absolute Gasteiger partial charge is 0.246 e. The number of amides is 1. The number of hydrogen-bond donors (Lipinski definition) is 0. The summed E-state index contributed by atoms with van der Waals surface area (Å²) in [4.78, 5) is 16.7. The Hall–Kier alpha value is -2.11. The van der Waals surface area contributed by atoms with Gasteiger partial charge in [-0.25, -0.2) is 0 Å². The number of para-hydroxylation sites is 1. The second-order valence-electron chi connectivity index (χ2n) is 6.03. The van der Waals surface area contributed by atoms with Crippen molar-refractivity contribution in [1.29, 1.82) is 0 Å². The van der Waals surface area contributed by atoms with E-state index in [9.17, 15) is 4.79 Å². The van der Waals surface area contributed by atoms with Crippen LogP contribution in [0.2, 0.25) is 0 Å². The van der Waals surface area contributed by atoms with Gasteiger partial charge in [-0.3, -0.25) is 9.69 Å². The maximum atomic E-state index is 12.4. The van der Waals surface area contributed by atoms with Gasteiger partial charge in [-0.05, 0) is 31.2 Å². The SMILES string of the molecule is COCCN1CCCN(C(=O)/C=C\c2cc3ccccc3o2)CC1. The van der Waals surface area contributed by atoms with Crippen molar-refractivity contribution in [3.63, 3.8) is 0 Å². The van der Waals surface area contributed by atoms with Crippen LogP contribution in [0.4, 0.5) is 0 Å². The quantitative estimate of drug-likeness (QED) is 0.792. The Morgan fingerprint density at radius 3 is 2.96 bits per heavy atom. The molecule has 0 spiro atoms. The number of methoxy groups -OCH3 is 1. The van der Waals surface area contributed by atoms with Crippen LogP contribution in [-0.2, 0) is 9.53 Å². The van der Waals surface area contributed by atoms with E-state index in [1.54, 1.807) is 19.3 Å². The molecule has 1 aromatic heterocycles. The molecule has 1 aliphatic heterocycles. The summed E-state index contributed by atoms with van der Waals surface area (Å²) in [5.41, 5.74) is 0.841. The monoisotopic (exact) mass is 328 g/mol. The normalized spacial score (nSPS) is 16.8. The number of benzene rings is 1. The molecule has 1 saturated heterocycles. The van der Waals surface area contributed by atoms with E-state index in [4.69, 9.17) is 9.15 Å². The fourth-order valence-electron chi connectivity index (χ4n) is 2.98. The molecule has 128 valence electrons. The third kappa shape index (κ3) is 4.24. The molecule has 0 N–H and O–H groups in total. The summed E-state index contributed by atoms with van der Waals surface area (Å²) in [5.74, 6) is 0.755. The third-order valence-corrected chi connectivity index (χ3v) is 4.35. The molecule has 1 aliphatic rings. The molecule has 24 heavy (non-hydrogen) atoms. The van der Waals surface area contributed by atoms with Crippen LogP contribution < -0.4 is 0 Å². The number of nitrogens with zero attached hydrogens (tertiary/aromatic N) is 2. The van der Waals surface area contributed by atoms with Crippen LogP contribution in [0, 0.1) is 0 Å². The number of ether oxygens (including phenoxy) is 1. The molecule has 1 aromatic carbocycles. The number of carbonyl (C=O) groups is 1. The lowest BCUT2D eigenvalue weighted by atomic mass is 10.2. The minimum absolute atomic E-state index is 0.0454. The summed E-state index contributed by atoms with van der Waals surface area (Å²) in [6.07, 6.45) is 4.37. The first kappa shape index (κ1) is 16.7. The summed E-state index contributed by atoms with van der Waals surface area (Å²) in [7, 11) is 1.72. The van der Waals surface area contributed by atoms with Gasteiger partial charge in [0.25, 0.3) is 0 Å². The van der Waals surface area contributed by atoms with E-state index in [0.717, 1.165) is 56.7 Å². The van der Waals surface area contributed by atoms with Crippen LogP contribution >= 0.6 is 0 Å². The van der Waals surface area contributed by atoms with Crippen LogP contribution in [0.15, 0.2) is 40.8 Å². The van der Waals surface area contributed by atoms with Crippen molar-refractivity contribution in [3.05, 3.63) is 42.2 Å². The van der Waals surface area contributed by atoms with Gasteiger partial charge >= 0.3 is 0 Å². The molecule has 1 amide bonds. The van der Waals surface area contributed by atoms with Gasteiger partial charge in [-0.15, -0.1) is 0 Å². The molecule has 0 bridgehead atoms. The molecule has 0 radical (unpaired) electrons. The minimum Gasteiger partial charge on any atom is -0.457 e. The van der Waals surface area contributed by atoms with Gasteiger partial charge in [-0.2, -0.15) is 0 Å². The average Bonchev–Trinajstić information content (AvgIpc) is 2.87. The fraction of sp³-hybridized carbons (Fsp3) is 0.421. The maximum absolute atomic E-state index is 12.4. The van der Waals surface area contributed by atoms with Crippen LogP contribution in [0.5, 0.6) is 0 Å². The van der Waals surface area contributed by atoms with Crippen molar-refractivity contribution < 1.29 is 13.9 Å². The zero-order valence-corrected chi connectivity index (χ0v) is 14.1. The summed E-state index contributed by atoms with van der Waals surface area (Å²) in [5, 5.41) is 1.05. The molecular weight excluding hydrogens is 304 g/mol. The van der Waals surface area contributed by atoms with Crippen LogP contribution in [-0.4, -0.2) is 62.1 Å². The molecule has 3 rings (SSSR count). The lowest BCUT2D eigenvalue weighted by Gasteiger charge is -2.20. The molecule has 0 unspecified atom stereocenters. The van der Waals surface area contributed by atoms with Gasteiger partial charge < -0.3 is 14.1 Å². The van der Waals surface area contributed by atoms with Crippen molar-refractivity contribution >= 4 is 23.0 Å². The number of hydrogen-bond acceptors (Lipinski definition) is 4. The summed E-state index contributed by atoms with van der Waals surface area (Å²) < 4.78 is 10.8. The van der Waals surface area contributed by atoms with Crippen molar-refractivity contribution in [1.82, 2.24) is 9.80 Å². The highest BCUT2D eigenvalue weighted by atomic mass is 16.5. The number of rotatable bonds is 5. The lowest BCUT2D eigenvalue weighted by Crippen LogP contribution is -2.35.